The van der Waals surface area contributed by atoms with E-state index in [9.17, 15) is 4.79 Å². The summed E-state index contributed by atoms with van der Waals surface area (Å²) in [5, 5.41) is 3.52. The van der Waals surface area contributed by atoms with E-state index < -0.39 is 0 Å². The molecular weight excluding hydrogens is 330 g/mol. The number of hydrogen-bond acceptors (Lipinski definition) is 3. The Kier molecular flexibility index (Phi) is 4.22. The molecule has 1 heterocycles. The van der Waals surface area contributed by atoms with Gasteiger partial charge in [-0.15, -0.1) is 0 Å². The third-order valence-electron chi connectivity index (χ3n) is 4.45. The fourth-order valence-corrected chi connectivity index (χ4v) is 3.74. The first kappa shape index (κ1) is 14.9. The van der Waals surface area contributed by atoms with Gasteiger partial charge in [0.1, 0.15) is 0 Å². The van der Waals surface area contributed by atoms with E-state index >= 15 is 0 Å². The van der Waals surface area contributed by atoms with E-state index in [4.69, 9.17) is 0 Å². The molecule has 1 aromatic rings. The number of benzene rings is 1. The lowest BCUT2D eigenvalue weighted by Gasteiger charge is -2.46. The molecule has 4 nitrogen and oxygen atoms in total. The van der Waals surface area contributed by atoms with E-state index in [1.807, 2.05) is 32.3 Å². The number of hydrogen-bond donors (Lipinski definition) is 1. The summed E-state index contributed by atoms with van der Waals surface area (Å²) in [7, 11) is 4.04. The lowest BCUT2D eigenvalue weighted by Crippen LogP contribution is -2.59. The van der Waals surface area contributed by atoms with Crippen molar-refractivity contribution in [3.63, 3.8) is 0 Å². The van der Waals surface area contributed by atoms with E-state index in [2.05, 4.69) is 31.0 Å². The Morgan fingerprint density at radius 2 is 1.95 bits per heavy atom. The normalized spacial score (nSPS) is 23.1. The molecule has 1 aromatic carbocycles. The number of anilines is 1. The number of nitrogens with one attached hydrogen (secondary N) is 1. The van der Waals surface area contributed by atoms with Crippen LogP contribution in [0, 0.1) is 0 Å². The predicted molar refractivity (Wildman–Crippen MR) is 88.3 cm³/mol. The number of carbonyl (C=O) groups is 1. The molecule has 5 heteroatoms. The molecule has 0 saturated heterocycles. The maximum Gasteiger partial charge on any atom is 0.258 e. The van der Waals surface area contributed by atoms with Crippen molar-refractivity contribution in [3.05, 3.63) is 28.2 Å². The first-order valence-electron chi connectivity index (χ1n) is 7.63. The van der Waals surface area contributed by atoms with Crippen LogP contribution in [0.3, 0.4) is 0 Å². The number of nitrogens with zero attached hydrogens (tertiary/aromatic N) is 2. The summed E-state index contributed by atoms with van der Waals surface area (Å²) in [4.78, 5) is 17.1. The van der Waals surface area contributed by atoms with Crippen molar-refractivity contribution in [2.45, 2.75) is 44.4 Å². The first-order valence-corrected chi connectivity index (χ1v) is 8.42. The highest BCUT2D eigenvalue weighted by molar-refractivity contribution is 9.10. The molecule has 1 aliphatic carbocycles. The minimum Gasteiger partial charge on any atom is -0.352 e. The second kappa shape index (κ2) is 5.97. The van der Waals surface area contributed by atoms with Crippen LogP contribution in [-0.4, -0.2) is 42.1 Å². The predicted octanol–water partition coefficient (Wildman–Crippen LogP) is 3.49. The van der Waals surface area contributed by atoms with Gasteiger partial charge in [-0.1, -0.05) is 35.2 Å². The summed E-state index contributed by atoms with van der Waals surface area (Å²) in [6.07, 6.45) is 5.90. The molecule has 3 rings (SSSR count). The van der Waals surface area contributed by atoms with Crippen LogP contribution < -0.4 is 5.32 Å². The van der Waals surface area contributed by atoms with Gasteiger partial charge in [0.2, 0.25) is 0 Å². The van der Waals surface area contributed by atoms with E-state index in [0.717, 1.165) is 28.6 Å². The molecule has 1 saturated carbocycles. The van der Waals surface area contributed by atoms with Gasteiger partial charge in [-0.05, 0) is 45.1 Å². The molecule has 0 bridgehead atoms. The zero-order valence-corrected chi connectivity index (χ0v) is 14.2. The van der Waals surface area contributed by atoms with Crippen LogP contribution in [0.15, 0.2) is 22.7 Å². The van der Waals surface area contributed by atoms with Crippen LogP contribution in [0.5, 0.6) is 0 Å². The molecule has 2 aliphatic rings. The van der Waals surface area contributed by atoms with Gasteiger partial charge in [0.25, 0.3) is 5.91 Å². The quantitative estimate of drug-likeness (QED) is 0.885. The average Bonchev–Trinajstić information content (AvgIpc) is 2.47. The van der Waals surface area contributed by atoms with Gasteiger partial charge in [0.15, 0.2) is 6.29 Å². The zero-order valence-electron chi connectivity index (χ0n) is 12.6. The monoisotopic (exact) mass is 351 g/mol. The van der Waals surface area contributed by atoms with Crippen molar-refractivity contribution in [1.82, 2.24) is 9.80 Å². The van der Waals surface area contributed by atoms with Crippen LogP contribution in [-0.2, 0) is 0 Å². The fourth-order valence-electron chi connectivity index (χ4n) is 3.38. The van der Waals surface area contributed by atoms with Crippen molar-refractivity contribution < 1.29 is 4.79 Å². The van der Waals surface area contributed by atoms with Gasteiger partial charge >= 0.3 is 0 Å². The lowest BCUT2D eigenvalue weighted by atomic mass is 9.93. The molecule has 0 spiro atoms. The Morgan fingerprint density at radius 1 is 1.24 bits per heavy atom. The minimum atomic E-state index is -0.0672. The van der Waals surface area contributed by atoms with Gasteiger partial charge in [0, 0.05) is 10.5 Å². The largest absolute Gasteiger partial charge is 0.352 e. The number of fused-ring (bicyclic) bond motifs is 1. The molecule has 1 atom stereocenters. The smallest absolute Gasteiger partial charge is 0.258 e. The van der Waals surface area contributed by atoms with Crippen molar-refractivity contribution in [3.8, 4) is 0 Å². The van der Waals surface area contributed by atoms with Crippen molar-refractivity contribution in [2.24, 2.45) is 0 Å². The Bertz CT molecular complexity index is 540. The highest BCUT2D eigenvalue weighted by Crippen LogP contribution is 2.33. The second-order valence-electron chi connectivity index (χ2n) is 6.18. The molecular formula is C16H22BrN3O. The third-order valence-corrected chi connectivity index (χ3v) is 4.95. The fraction of sp³-hybridized carbons (Fsp3) is 0.562. The summed E-state index contributed by atoms with van der Waals surface area (Å²) >= 11 is 3.48. The molecule has 21 heavy (non-hydrogen) atoms. The SMILES string of the molecule is CN(C)C1Nc2cc(Br)ccc2C(=O)N1C1CCCCC1. The number of carbonyl (C=O) groups excluding carboxylic acids is 1. The van der Waals surface area contributed by atoms with E-state index in [1.165, 1.54) is 19.3 Å². The van der Waals surface area contributed by atoms with Crippen molar-refractivity contribution in [2.75, 3.05) is 19.4 Å². The summed E-state index contributed by atoms with van der Waals surface area (Å²) in [5.74, 6) is 0.154. The van der Waals surface area contributed by atoms with Crippen LogP contribution in [0.2, 0.25) is 0 Å². The first-order chi connectivity index (χ1) is 10.1. The van der Waals surface area contributed by atoms with E-state index in [-0.39, 0.29) is 12.2 Å². The van der Waals surface area contributed by atoms with Crippen molar-refractivity contribution in [1.29, 1.82) is 0 Å². The van der Waals surface area contributed by atoms with Crippen LogP contribution >= 0.6 is 15.9 Å². The van der Waals surface area contributed by atoms with Crippen LogP contribution in [0.25, 0.3) is 0 Å². The Labute approximate surface area is 134 Å². The number of rotatable bonds is 2. The number of halogens is 1. The highest BCUT2D eigenvalue weighted by Gasteiger charge is 2.38. The van der Waals surface area contributed by atoms with E-state index in [1.54, 1.807) is 0 Å². The van der Waals surface area contributed by atoms with Gasteiger partial charge in [-0.2, -0.15) is 0 Å². The van der Waals surface area contributed by atoms with Gasteiger partial charge < -0.3 is 10.2 Å². The molecule has 0 aromatic heterocycles. The maximum absolute atomic E-state index is 13.0. The minimum absolute atomic E-state index is 0.0672. The van der Waals surface area contributed by atoms with Crippen molar-refractivity contribution >= 4 is 27.5 Å². The highest BCUT2D eigenvalue weighted by atomic mass is 79.9. The molecule has 1 fully saturated rings. The summed E-state index contributed by atoms with van der Waals surface area (Å²) in [6.45, 7) is 0. The lowest BCUT2D eigenvalue weighted by molar-refractivity contribution is 0.0268. The number of amides is 1. The second-order valence-corrected chi connectivity index (χ2v) is 7.09. The van der Waals surface area contributed by atoms with Crippen LogP contribution in [0.1, 0.15) is 42.5 Å². The third kappa shape index (κ3) is 2.81. The molecule has 0 radical (unpaired) electrons. The summed E-state index contributed by atoms with van der Waals surface area (Å²) in [5.41, 5.74) is 1.70. The Balaban J connectivity index is 1.97. The summed E-state index contributed by atoms with van der Waals surface area (Å²) < 4.78 is 0.991. The van der Waals surface area contributed by atoms with Gasteiger partial charge in [-0.25, -0.2) is 0 Å². The van der Waals surface area contributed by atoms with Gasteiger partial charge in [-0.3, -0.25) is 9.69 Å². The molecule has 1 unspecified atom stereocenters. The van der Waals surface area contributed by atoms with E-state index in [0.29, 0.717) is 6.04 Å². The molecule has 1 N–H and O–H groups in total. The topological polar surface area (TPSA) is 35.6 Å². The average molecular weight is 352 g/mol. The molecule has 1 aliphatic heterocycles. The van der Waals surface area contributed by atoms with Crippen LogP contribution in [0.4, 0.5) is 5.69 Å². The van der Waals surface area contributed by atoms with Gasteiger partial charge in [0.05, 0.1) is 11.3 Å². The standard InChI is InChI=1S/C16H22BrN3O/c1-19(2)16-18-14-10-11(17)8-9-13(14)15(21)20(16)12-6-4-3-5-7-12/h8-10,12,16,18H,3-7H2,1-2H3. The zero-order chi connectivity index (χ0) is 15.0. The Hall–Kier alpha value is -1.07. The molecule has 1 amide bonds. The maximum atomic E-state index is 13.0. The molecule has 114 valence electrons. The summed E-state index contributed by atoms with van der Waals surface area (Å²) in [6, 6.07) is 6.19. The Morgan fingerprint density at radius 3 is 2.62 bits per heavy atom.